The molecule has 5 heteroatoms. The van der Waals surface area contributed by atoms with E-state index in [2.05, 4.69) is 17.9 Å². The third-order valence-electron chi connectivity index (χ3n) is 4.17. The fraction of sp³-hybridized carbons (Fsp3) is 0.929. The first-order chi connectivity index (χ1) is 8.87. The standard InChI is InChI=1S/C14H26N2O2S/c1-4-5-12-6-7-13(11-15)14(10-12)16(2)8-9-19(3,17)18/h12-14H,4-10H2,1-3H3. The molecule has 1 aliphatic rings. The van der Waals surface area contributed by atoms with Gasteiger partial charge in [0.05, 0.1) is 17.7 Å². The second-order valence-electron chi connectivity index (χ2n) is 5.88. The van der Waals surface area contributed by atoms with E-state index in [0.29, 0.717) is 12.5 Å². The van der Waals surface area contributed by atoms with Gasteiger partial charge in [0, 0.05) is 18.8 Å². The summed E-state index contributed by atoms with van der Waals surface area (Å²) in [6, 6.07) is 2.62. The minimum Gasteiger partial charge on any atom is -0.301 e. The molecular formula is C14H26N2O2S. The van der Waals surface area contributed by atoms with Crippen LogP contribution in [0.1, 0.15) is 39.0 Å². The summed E-state index contributed by atoms with van der Waals surface area (Å²) < 4.78 is 22.5. The molecule has 3 unspecified atom stereocenters. The molecule has 0 aliphatic heterocycles. The van der Waals surface area contributed by atoms with E-state index in [1.54, 1.807) is 0 Å². The molecule has 1 aliphatic carbocycles. The largest absolute Gasteiger partial charge is 0.301 e. The van der Waals surface area contributed by atoms with E-state index in [0.717, 1.165) is 19.3 Å². The van der Waals surface area contributed by atoms with Gasteiger partial charge in [-0.2, -0.15) is 5.26 Å². The van der Waals surface area contributed by atoms with E-state index in [1.165, 1.54) is 19.1 Å². The van der Waals surface area contributed by atoms with Crippen molar-refractivity contribution in [2.24, 2.45) is 11.8 Å². The fourth-order valence-electron chi connectivity index (χ4n) is 3.02. The molecule has 0 aromatic heterocycles. The molecule has 3 atom stereocenters. The van der Waals surface area contributed by atoms with Crippen LogP contribution in [-0.2, 0) is 9.84 Å². The molecule has 0 N–H and O–H groups in total. The van der Waals surface area contributed by atoms with Crippen LogP contribution < -0.4 is 0 Å². The van der Waals surface area contributed by atoms with Gasteiger partial charge in [0.2, 0.25) is 0 Å². The van der Waals surface area contributed by atoms with Crippen molar-refractivity contribution in [2.75, 3.05) is 25.6 Å². The molecular weight excluding hydrogens is 260 g/mol. The average Bonchev–Trinajstić information content (AvgIpc) is 2.35. The van der Waals surface area contributed by atoms with Crippen LogP contribution in [-0.4, -0.2) is 45.0 Å². The molecule has 0 amide bonds. The second kappa shape index (κ2) is 7.25. The van der Waals surface area contributed by atoms with Crippen molar-refractivity contribution in [3.63, 3.8) is 0 Å². The topological polar surface area (TPSA) is 61.2 Å². The van der Waals surface area contributed by atoms with Crippen molar-refractivity contribution in [1.82, 2.24) is 4.90 Å². The molecule has 0 aromatic rings. The Balaban J connectivity index is 2.61. The molecule has 1 saturated carbocycles. The smallest absolute Gasteiger partial charge is 0.148 e. The zero-order valence-corrected chi connectivity index (χ0v) is 13.1. The van der Waals surface area contributed by atoms with Crippen molar-refractivity contribution >= 4 is 9.84 Å². The summed E-state index contributed by atoms with van der Waals surface area (Å²) in [5.74, 6) is 0.925. The van der Waals surface area contributed by atoms with Crippen LogP contribution in [0.2, 0.25) is 0 Å². The highest BCUT2D eigenvalue weighted by Gasteiger charge is 2.32. The first-order valence-electron chi connectivity index (χ1n) is 7.15. The van der Waals surface area contributed by atoms with Gasteiger partial charge in [-0.05, 0) is 32.2 Å². The highest BCUT2D eigenvalue weighted by Crippen LogP contribution is 2.33. The fourth-order valence-corrected chi connectivity index (χ4v) is 3.63. The number of hydrogen-bond acceptors (Lipinski definition) is 4. The molecule has 1 rings (SSSR count). The van der Waals surface area contributed by atoms with Crippen molar-refractivity contribution in [2.45, 2.75) is 45.1 Å². The monoisotopic (exact) mass is 286 g/mol. The lowest BCUT2D eigenvalue weighted by Gasteiger charge is -2.38. The lowest BCUT2D eigenvalue weighted by Crippen LogP contribution is -2.43. The van der Waals surface area contributed by atoms with E-state index in [4.69, 9.17) is 0 Å². The van der Waals surface area contributed by atoms with E-state index in [9.17, 15) is 13.7 Å². The molecule has 0 spiro atoms. The van der Waals surface area contributed by atoms with Gasteiger partial charge >= 0.3 is 0 Å². The summed E-state index contributed by atoms with van der Waals surface area (Å²) in [5, 5.41) is 9.26. The predicted molar refractivity (Wildman–Crippen MR) is 77.5 cm³/mol. The molecule has 0 heterocycles. The summed E-state index contributed by atoms with van der Waals surface area (Å²) in [5.41, 5.74) is 0. The SMILES string of the molecule is CCCC1CCC(C#N)C(N(C)CCS(C)(=O)=O)C1. The molecule has 0 radical (unpaired) electrons. The summed E-state index contributed by atoms with van der Waals surface area (Å²) in [6.07, 6.45) is 6.80. The van der Waals surface area contributed by atoms with Gasteiger partial charge in [-0.1, -0.05) is 19.8 Å². The number of nitriles is 1. The Labute approximate surface area is 117 Å². The zero-order valence-electron chi connectivity index (χ0n) is 12.3. The summed E-state index contributed by atoms with van der Waals surface area (Å²) in [7, 11) is -0.977. The number of hydrogen-bond donors (Lipinski definition) is 0. The highest BCUT2D eigenvalue weighted by atomic mass is 32.2. The maximum Gasteiger partial charge on any atom is 0.148 e. The molecule has 0 aromatic carbocycles. The van der Waals surface area contributed by atoms with Crippen LogP contribution in [0.3, 0.4) is 0 Å². The van der Waals surface area contributed by atoms with Crippen molar-refractivity contribution in [1.29, 1.82) is 5.26 Å². The summed E-state index contributed by atoms with van der Waals surface area (Å²) in [4.78, 5) is 2.08. The predicted octanol–water partition coefficient (Wildman–Crippen LogP) is 2.07. The first kappa shape index (κ1) is 16.5. The van der Waals surface area contributed by atoms with Gasteiger partial charge in [0.1, 0.15) is 9.84 Å². The number of rotatable bonds is 6. The second-order valence-corrected chi connectivity index (χ2v) is 8.14. The van der Waals surface area contributed by atoms with E-state index in [-0.39, 0.29) is 17.7 Å². The van der Waals surface area contributed by atoms with Crippen molar-refractivity contribution < 1.29 is 8.42 Å². The molecule has 4 nitrogen and oxygen atoms in total. The molecule has 0 saturated heterocycles. The van der Waals surface area contributed by atoms with Gasteiger partial charge < -0.3 is 4.90 Å². The van der Waals surface area contributed by atoms with E-state index in [1.807, 2.05) is 7.05 Å². The molecule has 110 valence electrons. The third kappa shape index (κ3) is 5.50. The molecule has 1 fully saturated rings. The maximum absolute atomic E-state index is 11.2. The zero-order chi connectivity index (χ0) is 14.5. The summed E-state index contributed by atoms with van der Waals surface area (Å²) >= 11 is 0. The maximum atomic E-state index is 11.2. The first-order valence-corrected chi connectivity index (χ1v) is 9.21. The summed E-state index contributed by atoms with van der Waals surface area (Å²) in [6.45, 7) is 2.72. The third-order valence-corrected chi connectivity index (χ3v) is 5.09. The minimum atomic E-state index is -2.93. The van der Waals surface area contributed by atoms with Crippen LogP contribution in [0.5, 0.6) is 0 Å². The normalized spacial score (nSPS) is 28.3. The van der Waals surface area contributed by atoms with Crippen molar-refractivity contribution in [3.05, 3.63) is 0 Å². The van der Waals surface area contributed by atoms with Gasteiger partial charge in [-0.25, -0.2) is 8.42 Å². The van der Waals surface area contributed by atoms with Gasteiger partial charge in [-0.15, -0.1) is 0 Å². The van der Waals surface area contributed by atoms with Crippen LogP contribution in [0.15, 0.2) is 0 Å². The average molecular weight is 286 g/mol. The van der Waals surface area contributed by atoms with Crippen LogP contribution in [0.25, 0.3) is 0 Å². The van der Waals surface area contributed by atoms with E-state index < -0.39 is 9.84 Å². The van der Waals surface area contributed by atoms with Crippen LogP contribution in [0, 0.1) is 23.2 Å². The lowest BCUT2D eigenvalue weighted by atomic mass is 9.76. The lowest BCUT2D eigenvalue weighted by molar-refractivity contribution is 0.127. The van der Waals surface area contributed by atoms with Gasteiger partial charge in [0.25, 0.3) is 0 Å². The highest BCUT2D eigenvalue weighted by molar-refractivity contribution is 7.90. The quantitative estimate of drug-likeness (QED) is 0.750. The Hall–Kier alpha value is -0.600. The van der Waals surface area contributed by atoms with Crippen molar-refractivity contribution in [3.8, 4) is 6.07 Å². The van der Waals surface area contributed by atoms with E-state index >= 15 is 0 Å². The van der Waals surface area contributed by atoms with Gasteiger partial charge in [0.15, 0.2) is 0 Å². The molecule has 19 heavy (non-hydrogen) atoms. The molecule has 0 bridgehead atoms. The Bertz CT molecular complexity index is 414. The number of nitrogens with zero attached hydrogens (tertiary/aromatic N) is 2. The number of sulfone groups is 1. The van der Waals surface area contributed by atoms with Crippen LogP contribution >= 0.6 is 0 Å². The Morgan fingerprint density at radius 1 is 1.37 bits per heavy atom. The Morgan fingerprint density at radius 3 is 2.58 bits per heavy atom. The Morgan fingerprint density at radius 2 is 2.05 bits per heavy atom. The van der Waals surface area contributed by atoms with Gasteiger partial charge in [-0.3, -0.25) is 0 Å². The minimum absolute atomic E-state index is 0.0534. The van der Waals surface area contributed by atoms with Crippen LogP contribution in [0.4, 0.5) is 0 Å². The Kier molecular flexibility index (Phi) is 6.28.